The molecule has 122 valence electrons. The lowest BCUT2D eigenvalue weighted by Gasteiger charge is -2.17. The van der Waals surface area contributed by atoms with E-state index in [9.17, 15) is 9.18 Å². The Hall–Kier alpha value is -2.27. The monoisotopic (exact) mass is 336 g/mol. The van der Waals surface area contributed by atoms with Gasteiger partial charge in [-0.25, -0.2) is 4.39 Å². The van der Waals surface area contributed by atoms with E-state index in [0.717, 1.165) is 5.56 Å². The minimum Gasteiger partial charge on any atom is -0.495 e. The Balaban J connectivity index is 2.09. The number of carbonyl (C=O) groups is 1. The molecule has 2 N–H and O–H groups in total. The molecule has 0 spiro atoms. The van der Waals surface area contributed by atoms with Crippen LogP contribution in [0.15, 0.2) is 36.4 Å². The molecule has 0 saturated carbocycles. The number of amides is 1. The van der Waals surface area contributed by atoms with E-state index in [-0.39, 0.29) is 11.7 Å². The Labute approximate surface area is 139 Å². The van der Waals surface area contributed by atoms with Crippen LogP contribution in [0.5, 0.6) is 5.75 Å². The summed E-state index contributed by atoms with van der Waals surface area (Å²) in [5, 5.41) is 6.38. The molecule has 2 rings (SSSR count). The van der Waals surface area contributed by atoms with Crippen molar-refractivity contribution < 1.29 is 13.9 Å². The maximum atomic E-state index is 12.9. The molecule has 2 aromatic carbocycles. The van der Waals surface area contributed by atoms with Crippen molar-refractivity contribution in [2.24, 2.45) is 0 Å². The van der Waals surface area contributed by atoms with Crippen LogP contribution in [-0.2, 0) is 4.79 Å². The maximum absolute atomic E-state index is 12.9. The number of anilines is 2. The van der Waals surface area contributed by atoms with Crippen LogP contribution in [0.25, 0.3) is 0 Å². The molecule has 0 aliphatic carbocycles. The molecule has 1 atom stereocenters. The average molecular weight is 337 g/mol. The number of nitrogens with one attached hydrogen (secondary N) is 2. The van der Waals surface area contributed by atoms with Gasteiger partial charge in [0, 0.05) is 16.8 Å². The first-order chi connectivity index (χ1) is 10.9. The van der Waals surface area contributed by atoms with Crippen LogP contribution in [0, 0.1) is 12.7 Å². The second-order valence-electron chi connectivity index (χ2n) is 5.16. The van der Waals surface area contributed by atoms with Crippen molar-refractivity contribution in [3.63, 3.8) is 0 Å². The van der Waals surface area contributed by atoms with Crippen LogP contribution in [0.3, 0.4) is 0 Å². The SMILES string of the molecule is COc1cc(Cl)c(C)cc1NC(=O)C(C)Nc1ccc(F)cc1. The molecule has 4 nitrogen and oxygen atoms in total. The number of hydrogen-bond acceptors (Lipinski definition) is 3. The molecule has 0 aliphatic heterocycles. The third-order valence-electron chi connectivity index (χ3n) is 3.36. The molecule has 0 saturated heterocycles. The standard InChI is InChI=1S/C17H18ClFN2O2/c1-10-8-15(16(23-3)9-14(10)18)21-17(22)11(2)20-13-6-4-12(19)5-7-13/h4-9,11,20H,1-3H3,(H,21,22). The van der Waals surface area contributed by atoms with Crippen molar-refractivity contribution in [2.75, 3.05) is 17.7 Å². The summed E-state index contributed by atoms with van der Waals surface area (Å²) in [6, 6.07) is 8.71. The van der Waals surface area contributed by atoms with Crippen LogP contribution < -0.4 is 15.4 Å². The van der Waals surface area contributed by atoms with E-state index in [1.807, 2.05) is 6.92 Å². The number of rotatable bonds is 5. The number of benzene rings is 2. The second kappa shape index (κ2) is 7.33. The first-order valence-electron chi connectivity index (χ1n) is 7.08. The van der Waals surface area contributed by atoms with Gasteiger partial charge < -0.3 is 15.4 Å². The summed E-state index contributed by atoms with van der Waals surface area (Å²) < 4.78 is 18.1. The maximum Gasteiger partial charge on any atom is 0.246 e. The average Bonchev–Trinajstić information content (AvgIpc) is 2.52. The Bertz CT molecular complexity index is 704. The fourth-order valence-corrected chi connectivity index (χ4v) is 2.19. The van der Waals surface area contributed by atoms with Gasteiger partial charge in [-0.2, -0.15) is 0 Å². The highest BCUT2D eigenvalue weighted by molar-refractivity contribution is 6.31. The lowest BCUT2D eigenvalue weighted by atomic mass is 10.2. The van der Waals surface area contributed by atoms with Gasteiger partial charge in [0.2, 0.25) is 5.91 Å². The zero-order valence-electron chi connectivity index (χ0n) is 13.1. The molecule has 0 aromatic heterocycles. The minimum absolute atomic E-state index is 0.241. The summed E-state index contributed by atoms with van der Waals surface area (Å²) in [6.07, 6.45) is 0. The molecule has 0 aliphatic rings. The van der Waals surface area contributed by atoms with Crippen molar-refractivity contribution in [3.8, 4) is 5.75 Å². The zero-order chi connectivity index (χ0) is 17.0. The van der Waals surface area contributed by atoms with Gasteiger partial charge in [0.05, 0.1) is 12.8 Å². The highest BCUT2D eigenvalue weighted by Crippen LogP contribution is 2.31. The third-order valence-corrected chi connectivity index (χ3v) is 3.77. The summed E-state index contributed by atoms with van der Waals surface area (Å²) in [5.74, 6) is -0.0775. The fourth-order valence-electron chi connectivity index (χ4n) is 2.03. The number of carbonyl (C=O) groups excluding carboxylic acids is 1. The molecule has 0 radical (unpaired) electrons. The molecular weight excluding hydrogens is 319 g/mol. The topological polar surface area (TPSA) is 50.4 Å². The van der Waals surface area contributed by atoms with Crippen molar-refractivity contribution in [3.05, 3.63) is 52.8 Å². The van der Waals surface area contributed by atoms with Gasteiger partial charge in [0.15, 0.2) is 0 Å². The van der Waals surface area contributed by atoms with Gasteiger partial charge in [-0.3, -0.25) is 4.79 Å². The van der Waals surface area contributed by atoms with Gasteiger partial charge in [-0.15, -0.1) is 0 Å². The molecule has 0 fully saturated rings. The molecule has 0 bridgehead atoms. The smallest absolute Gasteiger partial charge is 0.246 e. The van der Waals surface area contributed by atoms with Crippen LogP contribution in [-0.4, -0.2) is 19.1 Å². The lowest BCUT2D eigenvalue weighted by molar-refractivity contribution is -0.116. The summed E-state index contributed by atoms with van der Waals surface area (Å²) in [7, 11) is 1.51. The molecule has 6 heteroatoms. The van der Waals surface area contributed by atoms with Gasteiger partial charge in [-0.05, 0) is 49.7 Å². The molecular formula is C17H18ClFN2O2. The third kappa shape index (κ3) is 4.36. The summed E-state index contributed by atoms with van der Waals surface area (Å²) in [5.41, 5.74) is 2.04. The Morgan fingerprint density at radius 1 is 1.26 bits per heavy atom. The molecule has 23 heavy (non-hydrogen) atoms. The highest BCUT2D eigenvalue weighted by Gasteiger charge is 2.16. The predicted octanol–water partition coefficient (Wildman–Crippen LogP) is 4.24. The number of methoxy groups -OCH3 is 1. The number of ether oxygens (including phenoxy) is 1. The molecule has 0 heterocycles. The normalized spacial score (nSPS) is 11.7. The first kappa shape index (κ1) is 17.1. The second-order valence-corrected chi connectivity index (χ2v) is 5.57. The summed E-state index contributed by atoms with van der Waals surface area (Å²) >= 11 is 6.05. The van der Waals surface area contributed by atoms with Gasteiger partial charge >= 0.3 is 0 Å². The molecule has 1 unspecified atom stereocenters. The first-order valence-corrected chi connectivity index (χ1v) is 7.45. The zero-order valence-corrected chi connectivity index (χ0v) is 13.9. The fraction of sp³-hybridized carbons (Fsp3) is 0.235. The molecule has 1 amide bonds. The Kier molecular flexibility index (Phi) is 5.45. The van der Waals surface area contributed by atoms with Gasteiger partial charge in [-0.1, -0.05) is 11.6 Å². The number of hydrogen-bond donors (Lipinski definition) is 2. The number of halogens is 2. The van der Waals surface area contributed by atoms with Crippen LogP contribution >= 0.6 is 11.6 Å². The van der Waals surface area contributed by atoms with E-state index in [1.165, 1.54) is 19.2 Å². The van der Waals surface area contributed by atoms with Crippen molar-refractivity contribution >= 4 is 28.9 Å². The van der Waals surface area contributed by atoms with E-state index in [0.29, 0.717) is 22.1 Å². The quantitative estimate of drug-likeness (QED) is 0.858. The van der Waals surface area contributed by atoms with Crippen molar-refractivity contribution in [2.45, 2.75) is 19.9 Å². The van der Waals surface area contributed by atoms with E-state index < -0.39 is 6.04 Å². The predicted molar refractivity (Wildman–Crippen MR) is 90.9 cm³/mol. The van der Waals surface area contributed by atoms with Crippen molar-refractivity contribution in [1.29, 1.82) is 0 Å². The Morgan fingerprint density at radius 2 is 1.91 bits per heavy atom. The van der Waals surface area contributed by atoms with E-state index in [4.69, 9.17) is 16.3 Å². The Morgan fingerprint density at radius 3 is 2.52 bits per heavy atom. The van der Waals surface area contributed by atoms with Crippen LogP contribution in [0.1, 0.15) is 12.5 Å². The summed E-state index contributed by atoms with van der Waals surface area (Å²) in [6.45, 7) is 3.56. The van der Waals surface area contributed by atoms with Crippen LogP contribution in [0.4, 0.5) is 15.8 Å². The largest absolute Gasteiger partial charge is 0.495 e. The van der Waals surface area contributed by atoms with E-state index in [2.05, 4.69) is 10.6 Å². The number of aryl methyl sites for hydroxylation is 1. The highest BCUT2D eigenvalue weighted by atomic mass is 35.5. The minimum atomic E-state index is -0.513. The van der Waals surface area contributed by atoms with Crippen LogP contribution in [0.2, 0.25) is 5.02 Å². The van der Waals surface area contributed by atoms with Gasteiger partial charge in [0.25, 0.3) is 0 Å². The van der Waals surface area contributed by atoms with Crippen molar-refractivity contribution in [1.82, 2.24) is 0 Å². The molecule has 2 aromatic rings. The lowest BCUT2D eigenvalue weighted by Crippen LogP contribution is -2.32. The van der Waals surface area contributed by atoms with E-state index in [1.54, 1.807) is 31.2 Å². The van der Waals surface area contributed by atoms with Gasteiger partial charge in [0.1, 0.15) is 17.6 Å². The summed E-state index contributed by atoms with van der Waals surface area (Å²) in [4.78, 5) is 12.3. The van der Waals surface area contributed by atoms with E-state index >= 15 is 0 Å².